The summed E-state index contributed by atoms with van der Waals surface area (Å²) in [6.07, 6.45) is -4.01. The maximum Gasteiger partial charge on any atom is 0.416 e. The molecule has 2 amide bonds. The molecule has 4 aromatic rings. The Kier molecular flexibility index (Phi) is 11.7. The number of aryl methyl sites for hydroxylation is 2. The van der Waals surface area contributed by atoms with Crippen LogP contribution in [0.5, 0.6) is 0 Å². The number of benzene rings is 4. The lowest BCUT2D eigenvalue weighted by atomic mass is 10.0. The first-order valence-corrected chi connectivity index (χ1v) is 17.1. The van der Waals surface area contributed by atoms with Crippen LogP contribution in [-0.2, 0) is 38.8 Å². The Morgan fingerprint density at radius 2 is 1.46 bits per heavy atom. The van der Waals surface area contributed by atoms with Crippen molar-refractivity contribution in [1.29, 1.82) is 0 Å². The van der Waals surface area contributed by atoms with Gasteiger partial charge in [-0.15, -0.1) is 0 Å². The SMILES string of the molecule is CC[C@H](C)NC(=O)[C@@H](Cc1ccccc1)N(Cc1cccc(C)c1)C(=O)CN(c1cccc(C(F)(F)F)c1)S(=O)(=O)c1ccc(C)cc1. The molecule has 0 spiro atoms. The van der Waals surface area contributed by atoms with Crippen LogP contribution in [-0.4, -0.2) is 43.8 Å². The Bertz CT molecular complexity index is 1810. The number of amides is 2. The van der Waals surface area contributed by atoms with E-state index in [1.54, 1.807) is 25.1 Å². The number of rotatable bonds is 13. The highest BCUT2D eigenvalue weighted by molar-refractivity contribution is 7.92. The van der Waals surface area contributed by atoms with Gasteiger partial charge in [0, 0.05) is 19.0 Å². The van der Waals surface area contributed by atoms with Gasteiger partial charge in [0.2, 0.25) is 11.8 Å². The van der Waals surface area contributed by atoms with Gasteiger partial charge in [-0.25, -0.2) is 8.42 Å². The van der Waals surface area contributed by atoms with E-state index < -0.39 is 46.2 Å². The first-order chi connectivity index (χ1) is 22.7. The summed E-state index contributed by atoms with van der Waals surface area (Å²) in [5.74, 6) is -1.19. The van der Waals surface area contributed by atoms with E-state index in [9.17, 15) is 31.2 Å². The van der Waals surface area contributed by atoms with Gasteiger partial charge in [0.15, 0.2) is 0 Å². The van der Waals surface area contributed by atoms with Crippen molar-refractivity contribution < 1.29 is 31.2 Å². The van der Waals surface area contributed by atoms with Crippen LogP contribution in [0.25, 0.3) is 0 Å². The highest BCUT2D eigenvalue weighted by Crippen LogP contribution is 2.33. The molecule has 0 bridgehead atoms. The predicted molar refractivity (Wildman–Crippen MR) is 181 cm³/mol. The van der Waals surface area contributed by atoms with E-state index >= 15 is 0 Å². The minimum atomic E-state index is -4.76. The third-order valence-electron chi connectivity index (χ3n) is 8.06. The molecule has 48 heavy (non-hydrogen) atoms. The Morgan fingerprint density at radius 3 is 2.08 bits per heavy atom. The van der Waals surface area contributed by atoms with Gasteiger partial charge in [0.1, 0.15) is 12.6 Å². The number of nitrogens with zero attached hydrogens (tertiary/aromatic N) is 2. The molecule has 4 aromatic carbocycles. The molecule has 0 aliphatic heterocycles. The van der Waals surface area contributed by atoms with Crippen LogP contribution < -0.4 is 9.62 Å². The van der Waals surface area contributed by atoms with Crippen molar-refractivity contribution in [2.24, 2.45) is 0 Å². The van der Waals surface area contributed by atoms with Crippen molar-refractivity contribution in [2.45, 2.75) is 70.2 Å². The van der Waals surface area contributed by atoms with E-state index in [1.165, 1.54) is 23.1 Å². The zero-order valence-electron chi connectivity index (χ0n) is 27.4. The van der Waals surface area contributed by atoms with Gasteiger partial charge in [0.25, 0.3) is 10.0 Å². The zero-order valence-corrected chi connectivity index (χ0v) is 28.2. The second-order valence-corrected chi connectivity index (χ2v) is 13.8. The summed E-state index contributed by atoms with van der Waals surface area (Å²) < 4.78 is 70.4. The molecular weight excluding hydrogens is 639 g/mol. The van der Waals surface area contributed by atoms with Crippen LogP contribution in [0.3, 0.4) is 0 Å². The summed E-state index contributed by atoms with van der Waals surface area (Å²) in [6, 6.07) is 24.9. The highest BCUT2D eigenvalue weighted by atomic mass is 32.2. The Balaban J connectivity index is 1.85. The van der Waals surface area contributed by atoms with Crippen molar-refractivity contribution in [3.05, 3.63) is 131 Å². The molecule has 11 heteroatoms. The second kappa shape index (κ2) is 15.5. The minimum Gasteiger partial charge on any atom is -0.352 e. The number of alkyl halides is 3. The molecular formula is C37H40F3N3O4S. The van der Waals surface area contributed by atoms with Crippen LogP contribution in [0.15, 0.2) is 108 Å². The van der Waals surface area contributed by atoms with Gasteiger partial charge in [-0.1, -0.05) is 90.8 Å². The van der Waals surface area contributed by atoms with Crippen molar-refractivity contribution in [2.75, 3.05) is 10.8 Å². The van der Waals surface area contributed by atoms with Crippen molar-refractivity contribution in [1.82, 2.24) is 10.2 Å². The molecule has 0 aliphatic carbocycles. The normalized spacial score (nSPS) is 13.0. The van der Waals surface area contributed by atoms with Crippen LogP contribution in [0.1, 0.15) is 48.1 Å². The molecule has 0 saturated carbocycles. The van der Waals surface area contributed by atoms with Crippen LogP contribution >= 0.6 is 0 Å². The molecule has 0 radical (unpaired) electrons. The summed E-state index contributed by atoms with van der Waals surface area (Å²) in [7, 11) is -4.55. The number of carbonyl (C=O) groups excluding carboxylic acids is 2. The van der Waals surface area contributed by atoms with Crippen LogP contribution in [0.2, 0.25) is 0 Å². The fourth-order valence-electron chi connectivity index (χ4n) is 5.21. The molecule has 0 fully saturated rings. The van der Waals surface area contributed by atoms with E-state index in [0.717, 1.165) is 28.8 Å². The number of anilines is 1. The van der Waals surface area contributed by atoms with Crippen LogP contribution in [0, 0.1) is 13.8 Å². The summed E-state index contributed by atoms with van der Waals surface area (Å²) in [6.45, 7) is 6.50. The van der Waals surface area contributed by atoms with Crippen molar-refractivity contribution in [3.8, 4) is 0 Å². The average Bonchev–Trinajstić information content (AvgIpc) is 3.05. The number of halogens is 3. The molecule has 0 unspecified atom stereocenters. The summed E-state index contributed by atoms with van der Waals surface area (Å²) in [5, 5.41) is 2.96. The molecule has 254 valence electrons. The van der Waals surface area contributed by atoms with E-state index in [4.69, 9.17) is 0 Å². The predicted octanol–water partition coefficient (Wildman–Crippen LogP) is 7.07. The number of nitrogens with one attached hydrogen (secondary N) is 1. The van der Waals surface area contributed by atoms with E-state index in [2.05, 4.69) is 5.32 Å². The Morgan fingerprint density at radius 1 is 0.812 bits per heavy atom. The fraction of sp³-hybridized carbons (Fsp3) is 0.297. The molecule has 4 rings (SSSR count). The average molecular weight is 680 g/mol. The van der Waals surface area contributed by atoms with Gasteiger partial charge < -0.3 is 10.2 Å². The van der Waals surface area contributed by atoms with E-state index in [1.807, 2.05) is 69.3 Å². The first kappa shape index (κ1) is 36.2. The number of sulfonamides is 1. The second-order valence-electron chi connectivity index (χ2n) is 11.9. The summed E-state index contributed by atoms with van der Waals surface area (Å²) in [4.78, 5) is 29.6. The number of hydrogen-bond donors (Lipinski definition) is 1. The highest BCUT2D eigenvalue weighted by Gasteiger charge is 2.36. The molecule has 0 aromatic heterocycles. The lowest BCUT2D eigenvalue weighted by molar-refractivity contribution is -0.140. The van der Waals surface area contributed by atoms with E-state index in [-0.39, 0.29) is 29.6 Å². The van der Waals surface area contributed by atoms with Crippen molar-refractivity contribution >= 4 is 27.5 Å². The lowest BCUT2D eigenvalue weighted by Crippen LogP contribution is -2.54. The number of carbonyl (C=O) groups is 2. The molecule has 1 N–H and O–H groups in total. The molecule has 0 aliphatic rings. The summed E-state index contributed by atoms with van der Waals surface area (Å²) >= 11 is 0. The van der Waals surface area contributed by atoms with Gasteiger partial charge in [-0.05, 0) is 68.7 Å². The Labute approximate surface area is 280 Å². The quantitative estimate of drug-likeness (QED) is 0.164. The molecule has 2 atom stereocenters. The first-order valence-electron chi connectivity index (χ1n) is 15.6. The standard InChI is InChI=1S/C37H40F3N3O4S/c1-5-28(4)41-36(45)34(22-29-12-7-6-8-13-29)42(24-30-14-9-11-27(3)21-30)35(44)25-43(32-16-10-15-31(23-32)37(38,39)40)48(46,47)33-19-17-26(2)18-20-33/h6-21,23,28,34H,5,22,24-25H2,1-4H3,(H,41,45)/t28-,34+/m0/s1. The number of hydrogen-bond acceptors (Lipinski definition) is 4. The zero-order chi connectivity index (χ0) is 35.1. The molecule has 0 heterocycles. The third kappa shape index (κ3) is 9.25. The maximum atomic E-state index is 14.5. The van der Waals surface area contributed by atoms with Crippen molar-refractivity contribution in [3.63, 3.8) is 0 Å². The van der Waals surface area contributed by atoms with Gasteiger partial charge in [-0.3, -0.25) is 13.9 Å². The summed E-state index contributed by atoms with van der Waals surface area (Å²) in [5.41, 5.74) is 1.75. The Hall–Kier alpha value is -4.64. The monoisotopic (exact) mass is 679 g/mol. The fourth-order valence-corrected chi connectivity index (χ4v) is 6.61. The largest absolute Gasteiger partial charge is 0.416 e. The lowest BCUT2D eigenvalue weighted by Gasteiger charge is -2.34. The smallest absolute Gasteiger partial charge is 0.352 e. The van der Waals surface area contributed by atoms with E-state index in [0.29, 0.717) is 22.4 Å². The van der Waals surface area contributed by atoms with Gasteiger partial charge in [0.05, 0.1) is 16.1 Å². The molecule has 7 nitrogen and oxygen atoms in total. The minimum absolute atomic E-state index is 0.0487. The maximum absolute atomic E-state index is 14.5. The van der Waals surface area contributed by atoms with Crippen LogP contribution in [0.4, 0.5) is 18.9 Å². The topological polar surface area (TPSA) is 86.8 Å². The van der Waals surface area contributed by atoms with Gasteiger partial charge in [-0.2, -0.15) is 13.2 Å². The van der Waals surface area contributed by atoms with Gasteiger partial charge >= 0.3 is 6.18 Å². The molecule has 0 saturated heterocycles. The third-order valence-corrected chi connectivity index (χ3v) is 9.84.